The summed E-state index contributed by atoms with van der Waals surface area (Å²) in [7, 11) is 0. The molecule has 5 N–H and O–H groups in total. The fourth-order valence-electron chi connectivity index (χ4n) is 2.60. The van der Waals surface area contributed by atoms with Gasteiger partial charge in [0.05, 0.1) is 5.69 Å². The van der Waals surface area contributed by atoms with Crippen molar-refractivity contribution >= 4 is 23.4 Å². The molecule has 0 bridgehead atoms. The molecule has 5 nitrogen and oxygen atoms in total. The normalized spacial score (nSPS) is 16.9. The van der Waals surface area contributed by atoms with Crippen LogP contribution in [-0.4, -0.2) is 11.4 Å². The zero-order valence-electron chi connectivity index (χ0n) is 12.0. The molecule has 0 saturated heterocycles. The number of aliphatic hydroxyl groups excluding tert-OH is 1. The lowest BCUT2D eigenvalue weighted by atomic mass is 9.91. The molecule has 112 valence electrons. The van der Waals surface area contributed by atoms with Gasteiger partial charge in [-0.3, -0.25) is 0 Å². The molecule has 0 amide bonds. The van der Waals surface area contributed by atoms with Crippen molar-refractivity contribution in [2.75, 3.05) is 11.5 Å². The Bertz CT molecular complexity index is 779. The topological polar surface area (TPSA) is 98.6 Å². The molecule has 5 heteroatoms. The van der Waals surface area contributed by atoms with E-state index in [4.69, 9.17) is 16.2 Å². The number of carbonyl (C=O) groups excluding carboxylic acids is 1. The lowest BCUT2D eigenvalue weighted by Gasteiger charge is -2.26. The zero-order valence-corrected chi connectivity index (χ0v) is 12.0. The van der Waals surface area contributed by atoms with Crippen LogP contribution in [0.2, 0.25) is 0 Å². The van der Waals surface area contributed by atoms with Crippen molar-refractivity contribution < 1.29 is 14.6 Å². The van der Waals surface area contributed by atoms with Gasteiger partial charge >= 0.3 is 0 Å². The van der Waals surface area contributed by atoms with Crippen molar-refractivity contribution in [1.82, 2.24) is 0 Å². The molecule has 2 aromatic rings. The minimum absolute atomic E-state index is 0.128. The summed E-state index contributed by atoms with van der Waals surface area (Å²) in [4.78, 5) is 11.5. The number of allylic oxidation sites excluding steroid dienone is 1. The number of nitrogen functional groups attached to an aromatic ring is 2. The largest absolute Gasteiger partial charge is 0.507 e. The van der Waals surface area contributed by atoms with E-state index in [1.807, 2.05) is 6.92 Å². The quantitative estimate of drug-likeness (QED) is 0.584. The average Bonchev–Trinajstić information content (AvgIpc) is 2.48. The Kier molecular flexibility index (Phi) is 3.25. The van der Waals surface area contributed by atoms with Crippen molar-refractivity contribution in [3.05, 3.63) is 58.8 Å². The Labute approximate surface area is 127 Å². The first-order valence-corrected chi connectivity index (χ1v) is 6.83. The third kappa shape index (κ3) is 2.16. The Balaban J connectivity index is 2.17. The van der Waals surface area contributed by atoms with Crippen LogP contribution < -0.4 is 16.2 Å². The first-order valence-electron chi connectivity index (χ1n) is 6.83. The lowest BCUT2D eigenvalue weighted by Crippen LogP contribution is -2.17. The highest BCUT2D eigenvalue weighted by molar-refractivity contribution is 5.82. The van der Waals surface area contributed by atoms with E-state index in [1.165, 1.54) is 0 Å². The van der Waals surface area contributed by atoms with Crippen LogP contribution in [0.4, 0.5) is 11.4 Å². The second-order valence-corrected chi connectivity index (χ2v) is 5.32. The third-order valence-electron chi connectivity index (χ3n) is 3.67. The van der Waals surface area contributed by atoms with Crippen LogP contribution >= 0.6 is 0 Å². The maximum absolute atomic E-state index is 11.5. The van der Waals surface area contributed by atoms with Gasteiger partial charge in [-0.2, -0.15) is 0 Å². The van der Waals surface area contributed by atoms with E-state index in [0.29, 0.717) is 34.5 Å². The van der Waals surface area contributed by atoms with Gasteiger partial charge in [0.2, 0.25) is 0 Å². The van der Waals surface area contributed by atoms with Gasteiger partial charge in [0.15, 0.2) is 17.3 Å². The minimum Gasteiger partial charge on any atom is -0.507 e. The second kappa shape index (κ2) is 5.11. The molecule has 1 unspecified atom stereocenters. The smallest absolute Gasteiger partial charge is 0.173 e. The molecule has 2 aromatic carbocycles. The molecule has 0 aromatic heterocycles. The average molecular weight is 296 g/mol. The van der Waals surface area contributed by atoms with E-state index in [0.717, 1.165) is 5.56 Å². The summed E-state index contributed by atoms with van der Waals surface area (Å²) in [5.41, 5.74) is 14.8. The van der Waals surface area contributed by atoms with Gasteiger partial charge in [0, 0.05) is 16.8 Å². The van der Waals surface area contributed by atoms with Gasteiger partial charge in [-0.25, -0.2) is 0 Å². The number of anilines is 2. The summed E-state index contributed by atoms with van der Waals surface area (Å²) in [5.74, 6) is -0.289. The monoisotopic (exact) mass is 296 g/mol. The van der Waals surface area contributed by atoms with Crippen LogP contribution in [0.15, 0.2) is 42.2 Å². The summed E-state index contributed by atoms with van der Waals surface area (Å²) in [6.07, 6.45) is 0.687. The van der Waals surface area contributed by atoms with E-state index >= 15 is 0 Å². The predicted molar refractivity (Wildman–Crippen MR) is 85.4 cm³/mol. The van der Waals surface area contributed by atoms with Crippen LogP contribution in [0.1, 0.15) is 22.6 Å². The van der Waals surface area contributed by atoms with Crippen LogP contribution in [0.3, 0.4) is 0 Å². The fraction of sp³-hybridized carbons (Fsp3) is 0.118. The molecule has 0 radical (unpaired) electrons. The molecule has 1 aliphatic rings. The molecule has 1 aliphatic heterocycles. The van der Waals surface area contributed by atoms with E-state index in [2.05, 4.69) is 0 Å². The van der Waals surface area contributed by atoms with Crippen molar-refractivity contribution in [2.45, 2.75) is 12.8 Å². The standard InChI is InChI=1S/C17H16N2O3/c1-9-6-12-13(8-20)15(21)16(22-17(12)14(19)7-9)10-2-4-11(18)5-3-10/h2-8,13,21H,18-19H2,1H3. The molecule has 0 saturated carbocycles. The molecule has 3 rings (SSSR count). The van der Waals surface area contributed by atoms with Gasteiger partial charge in [-0.1, -0.05) is 6.07 Å². The maximum Gasteiger partial charge on any atom is 0.173 e. The lowest BCUT2D eigenvalue weighted by molar-refractivity contribution is -0.109. The van der Waals surface area contributed by atoms with Gasteiger partial charge in [-0.05, 0) is 42.8 Å². The highest BCUT2D eigenvalue weighted by Crippen LogP contribution is 2.44. The highest BCUT2D eigenvalue weighted by Gasteiger charge is 2.31. The van der Waals surface area contributed by atoms with Gasteiger partial charge in [-0.15, -0.1) is 0 Å². The van der Waals surface area contributed by atoms with E-state index < -0.39 is 5.92 Å². The van der Waals surface area contributed by atoms with Crippen LogP contribution in [0.25, 0.3) is 5.76 Å². The number of nitrogens with two attached hydrogens (primary N) is 2. The maximum atomic E-state index is 11.5. The van der Waals surface area contributed by atoms with E-state index in [1.54, 1.807) is 36.4 Å². The number of fused-ring (bicyclic) bond motifs is 1. The van der Waals surface area contributed by atoms with E-state index in [-0.39, 0.29) is 11.5 Å². The Morgan fingerprint density at radius 2 is 1.86 bits per heavy atom. The zero-order chi connectivity index (χ0) is 15.9. The molecule has 0 fully saturated rings. The number of rotatable bonds is 2. The number of aryl methyl sites for hydroxylation is 1. The van der Waals surface area contributed by atoms with Crippen LogP contribution in [0.5, 0.6) is 5.75 Å². The van der Waals surface area contributed by atoms with Gasteiger partial charge in [0.25, 0.3) is 0 Å². The SMILES string of the molecule is Cc1cc(N)c2c(c1)C(C=O)C(O)=C(c1ccc(N)cc1)O2. The van der Waals surface area contributed by atoms with E-state index in [9.17, 15) is 9.90 Å². The fourth-order valence-corrected chi connectivity index (χ4v) is 2.60. The summed E-state index contributed by atoms with van der Waals surface area (Å²) in [6.45, 7) is 1.87. The Morgan fingerprint density at radius 3 is 2.50 bits per heavy atom. The summed E-state index contributed by atoms with van der Waals surface area (Å²) < 4.78 is 5.79. The van der Waals surface area contributed by atoms with Gasteiger partial charge in [0.1, 0.15) is 12.2 Å². The number of carbonyl (C=O) groups is 1. The number of hydrogen-bond acceptors (Lipinski definition) is 5. The highest BCUT2D eigenvalue weighted by atomic mass is 16.5. The molecule has 0 spiro atoms. The number of aliphatic hydroxyl groups is 1. The summed E-state index contributed by atoms with van der Waals surface area (Å²) in [6, 6.07) is 10.4. The number of hydrogen-bond donors (Lipinski definition) is 3. The molecule has 1 heterocycles. The summed E-state index contributed by atoms with van der Waals surface area (Å²) in [5, 5.41) is 10.4. The first kappa shape index (κ1) is 14.0. The van der Waals surface area contributed by atoms with Gasteiger partial charge < -0.3 is 26.1 Å². The molecular formula is C17H16N2O3. The molecule has 0 aliphatic carbocycles. The summed E-state index contributed by atoms with van der Waals surface area (Å²) >= 11 is 0. The van der Waals surface area contributed by atoms with Crippen LogP contribution in [-0.2, 0) is 4.79 Å². The van der Waals surface area contributed by atoms with Crippen molar-refractivity contribution in [1.29, 1.82) is 0 Å². The Morgan fingerprint density at radius 1 is 1.18 bits per heavy atom. The second-order valence-electron chi connectivity index (χ2n) is 5.32. The van der Waals surface area contributed by atoms with Crippen LogP contribution in [0, 0.1) is 6.92 Å². The van der Waals surface area contributed by atoms with Crippen molar-refractivity contribution in [3.8, 4) is 5.75 Å². The van der Waals surface area contributed by atoms with Crippen molar-refractivity contribution in [2.24, 2.45) is 0 Å². The van der Waals surface area contributed by atoms with Crippen molar-refractivity contribution in [3.63, 3.8) is 0 Å². The number of benzene rings is 2. The number of ether oxygens (including phenoxy) is 1. The Hall–Kier alpha value is -2.95. The molecule has 1 atom stereocenters. The number of aldehydes is 1. The predicted octanol–water partition coefficient (Wildman–Crippen LogP) is 2.76. The first-order chi connectivity index (χ1) is 10.5. The third-order valence-corrected chi connectivity index (χ3v) is 3.67. The molecular weight excluding hydrogens is 280 g/mol. The minimum atomic E-state index is -0.793. The molecule has 22 heavy (non-hydrogen) atoms.